The van der Waals surface area contributed by atoms with E-state index in [1.54, 1.807) is 6.20 Å². The lowest BCUT2D eigenvalue weighted by atomic mass is 10.2. The van der Waals surface area contributed by atoms with Crippen LogP contribution in [0, 0.1) is 5.92 Å². The van der Waals surface area contributed by atoms with E-state index >= 15 is 0 Å². The van der Waals surface area contributed by atoms with Crippen LogP contribution in [0.25, 0.3) is 17.2 Å². The Hall–Kier alpha value is -1.90. The van der Waals surface area contributed by atoms with Gasteiger partial charge in [0.15, 0.2) is 11.3 Å². The van der Waals surface area contributed by atoms with Crippen LogP contribution in [0.1, 0.15) is 12.7 Å². The summed E-state index contributed by atoms with van der Waals surface area (Å²) in [4.78, 5) is 8.69. The van der Waals surface area contributed by atoms with Gasteiger partial charge in [0, 0.05) is 18.3 Å². The molecule has 0 aliphatic carbocycles. The Morgan fingerprint density at radius 1 is 1.40 bits per heavy atom. The van der Waals surface area contributed by atoms with Crippen molar-refractivity contribution in [1.29, 1.82) is 0 Å². The maximum Gasteiger partial charge on any atom is 0.155 e. The largest absolute Gasteiger partial charge is 0.453 e. The van der Waals surface area contributed by atoms with Crippen LogP contribution in [0.5, 0.6) is 0 Å². The summed E-state index contributed by atoms with van der Waals surface area (Å²) < 4.78 is 5.66. The average Bonchev–Trinajstić information content (AvgIpc) is 2.51. The van der Waals surface area contributed by atoms with Crippen molar-refractivity contribution in [2.75, 3.05) is 0 Å². The highest BCUT2D eigenvalue weighted by Crippen LogP contribution is 2.33. The summed E-state index contributed by atoms with van der Waals surface area (Å²) in [5, 5.41) is 0. The molecule has 0 bridgehead atoms. The number of rotatable bonds is 0. The number of aliphatic imine (C=N–C) groups is 1. The molecule has 15 heavy (non-hydrogen) atoms. The second kappa shape index (κ2) is 3.05. The molecule has 0 fully saturated rings. The van der Waals surface area contributed by atoms with Crippen molar-refractivity contribution in [2.24, 2.45) is 10.9 Å². The molecule has 0 spiro atoms. The molecule has 0 saturated carbocycles. The van der Waals surface area contributed by atoms with Crippen LogP contribution in [0.15, 0.2) is 33.8 Å². The molecule has 0 radical (unpaired) electrons. The van der Waals surface area contributed by atoms with Gasteiger partial charge in [0.05, 0.1) is 0 Å². The second-order valence-electron chi connectivity index (χ2n) is 3.66. The first-order valence-electron chi connectivity index (χ1n) is 4.94. The Morgan fingerprint density at radius 3 is 3.27 bits per heavy atom. The zero-order valence-corrected chi connectivity index (χ0v) is 8.34. The monoisotopic (exact) mass is 198 g/mol. The molecule has 2 aromatic rings. The SMILES string of the molecule is CC1C=Cc2oc3cccnc3c2N=C1. The van der Waals surface area contributed by atoms with Crippen molar-refractivity contribution < 1.29 is 4.42 Å². The Balaban J connectivity index is 2.33. The van der Waals surface area contributed by atoms with Gasteiger partial charge in [0.2, 0.25) is 0 Å². The van der Waals surface area contributed by atoms with Crippen LogP contribution < -0.4 is 0 Å². The summed E-state index contributed by atoms with van der Waals surface area (Å²) in [5.74, 6) is 1.13. The molecule has 1 atom stereocenters. The fraction of sp³-hybridized carbons (Fsp3) is 0.167. The van der Waals surface area contributed by atoms with E-state index in [4.69, 9.17) is 4.42 Å². The number of aromatic nitrogens is 1. The van der Waals surface area contributed by atoms with E-state index in [1.165, 1.54) is 0 Å². The summed E-state index contributed by atoms with van der Waals surface area (Å²) in [7, 11) is 0. The Kier molecular flexibility index (Phi) is 1.71. The number of fused-ring (bicyclic) bond motifs is 3. The third kappa shape index (κ3) is 1.28. The van der Waals surface area contributed by atoms with Gasteiger partial charge in [-0.05, 0) is 18.2 Å². The first kappa shape index (κ1) is 8.41. The number of nitrogens with zero attached hydrogens (tertiary/aromatic N) is 2. The summed E-state index contributed by atoms with van der Waals surface area (Å²) in [6, 6.07) is 3.77. The predicted molar refractivity (Wildman–Crippen MR) is 60.4 cm³/mol. The van der Waals surface area contributed by atoms with E-state index < -0.39 is 0 Å². The normalized spacial score (nSPS) is 19.1. The highest BCUT2D eigenvalue weighted by molar-refractivity contribution is 5.93. The minimum absolute atomic E-state index is 0.339. The topological polar surface area (TPSA) is 38.4 Å². The van der Waals surface area contributed by atoms with Gasteiger partial charge in [-0.25, -0.2) is 0 Å². The molecule has 3 nitrogen and oxygen atoms in total. The van der Waals surface area contributed by atoms with Gasteiger partial charge in [0.25, 0.3) is 0 Å². The molecule has 2 aromatic heterocycles. The summed E-state index contributed by atoms with van der Waals surface area (Å²) in [6.07, 6.45) is 7.70. The summed E-state index contributed by atoms with van der Waals surface area (Å²) in [6.45, 7) is 2.08. The molecule has 0 N–H and O–H groups in total. The van der Waals surface area contributed by atoms with Crippen LogP contribution in [0.4, 0.5) is 5.69 Å². The van der Waals surface area contributed by atoms with Crippen LogP contribution >= 0.6 is 0 Å². The van der Waals surface area contributed by atoms with Crippen molar-refractivity contribution in [3.63, 3.8) is 0 Å². The van der Waals surface area contributed by atoms with Gasteiger partial charge in [-0.1, -0.05) is 13.0 Å². The van der Waals surface area contributed by atoms with Crippen LogP contribution in [-0.4, -0.2) is 11.2 Å². The minimum atomic E-state index is 0.339. The molecule has 0 amide bonds. The van der Waals surface area contributed by atoms with E-state index in [1.807, 2.05) is 24.4 Å². The zero-order valence-electron chi connectivity index (χ0n) is 8.34. The summed E-state index contributed by atoms with van der Waals surface area (Å²) in [5.41, 5.74) is 2.47. The number of allylic oxidation sites excluding steroid dienone is 1. The van der Waals surface area contributed by atoms with Crippen molar-refractivity contribution in [3.8, 4) is 0 Å². The predicted octanol–water partition coefficient (Wildman–Crippen LogP) is 3.19. The minimum Gasteiger partial charge on any atom is -0.453 e. The number of hydrogen-bond donors (Lipinski definition) is 0. The van der Waals surface area contributed by atoms with E-state index in [-0.39, 0.29) is 0 Å². The van der Waals surface area contributed by atoms with Gasteiger partial charge in [-0.3, -0.25) is 9.98 Å². The average molecular weight is 198 g/mol. The highest BCUT2D eigenvalue weighted by Gasteiger charge is 2.13. The fourth-order valence-corrected chi connectivity index (χ4v) is 1.65. The maximum absolute atomic E-state index is 5.66. The fourth-order valence-electron chi connectivity index (χ4n) is 1.65. The number of pyridine rings is 1. The van der Waals surface area contributed by atoms with Crippen molar-refractivity contribution >= 4 is 29.1 Å². The van der Waals surface area contributed by atoms with Crippen molar-refractivity contribution in [1.82, 2.24) is 4.98 Å². The maximum atomic E-state index is 5.66. The molecule has 0 saturated heterocycles. The molecule has 74 valence electrons. The van der Waals surface area contributed by atoms with Gasteiger partial charge >= 0.3 is 0 Å². The van der Waals surface area contributed by atoms with Crippen LogP contribution in [-0.2, 0) is 0 Å². The lowest BCUT2D eigenvalue weighted by Crippen LogP contribution is -1.86. The Bertz CT molecular complexity index is 566. The molecule has 1 aliphatic heterocycles. The quantitative estimate of drug-likeness (QED) is 0.652. The standard InChI is InChI=1S/C12H10N2O/c1-8-4-5-10-12(14-7-8)11-9(15-10)3-2-6-13-11/h2-8H,1H3. The number of furan rings is 1. The Morgan fingerprint density at radius 2 is 2.33 bits per heavy atom. The first-order chi connectivity index (χ1) is 7.34. The molecular formula is C12H10N2O. The lowest BCUT2D eigenvalue weighted by Gasteiger charge is -1.91. The number of hydrogen-bond acceptors (Lipinski definition) is 3. The summed E-state index contributed by atoms with van der Waals surface area (Å²) >= 11 is 0. The Labute approximate surface area is 87.2 Å². The molecule has 0 aromatic carbocycles. The van der Waals surface area contributed by atoms with Crippen LogP contribution in [0.3, 0.4) is 0 Å². The molecule has 3 heterocycles. The third-order valence-corrected chi connectivity index (χ3v) is 2.44. The van der Waals surface area contributed by atoms with E-state index in [0.29, 0.717) is 5.92 Å². The van der Waals surface area contributed by atoms with Gasteiger partial charge < -0.3 is 4.42 Å². The second-order valence-corrected chi connectivity index (χ2v) is 3.66. The molecule has 1 aliphatic rings. The lowest BCUT2D eigenvalue weighted by molar-refractivity contribution is 0.604. The third-order valence-electron chi connectivity index (χ3n) is 2.44. The highest BCUT2D eigenvalue weighted by atomic mass is 16.3. The zero-order chi connectivity index (χ0) is 10.3. The first-order valence-corrected chi connectivity index (χ1v) is 4.94. The van der Waals surface area contributed by atoms with E-state index in [9.17, 15) is 0 Å². The molecule has 1 unspecified atom stereocenters. The van der Waals surface area contributed by atoms with Gasteiger partial charge in [-0.2, -0.15) is 0 Å². The van der Waals surface area contributed by atoms with Gasteiger partial charge in [-0.15, -0.1) is 0 Å². The smallest absolute Gasteiger partial charge is 0.155 e. The van der Waals surface area contributed by atoms with Crippen molar-refractivity contribution in [2.45, 2.75) is 6.92 Å². The van der Waals surface area contributed by atoms with E-state index in [2.05, 4.69) is 23.0 Å². The molecular weight excluding hydrogens is 188 g/mol. The molecule has 3 heteroatoms. The molecule has 3 rings (SSSR count). The van der Waals surface area contributed by atoms with Crippen molar-refractivity contribution in [3.05, 3.63) is 30.2 Å². The van der Waals surface area contributed by atoms with Crippen LogP contribution in [0.2, 0.25) is 0 Å². The van der Waals surface area contributed by atoms with E-state index in [0.717, 1.165) is 22.5 Å². The van der Waals surface area contributed by atoms with Gasteiger partial charge in [0.1, 0.15) is 11.2 Å².